The zero-order chi connectivity index (χ0) is 27.4. The van der Waals surface area contributed by atoms with E-state index in [4.69, 9.17) is 18.6 Å². The molecule has 0 spiro atoms. The van der Waals surface area contributed by atoms with Gasteiger partial charge in [0.1, 0.15) is 35.3 Å². The molecule has 0 unspecified atom stereocenters. The Morgan fingerprint density at radius 1 is 0.947 bits per heavy atom. The third-order valence-corrected chi connectivity index (χ3v) is 5.27. The highest BCUT2D eigenvalue weighted by molar-refractivity contribution is 5.89. The first-order valence-electron chi connectivity index (χ1n) is 11.3. The summed E-state index contributed by atoms with van der Waals surface area (Å²) in [7, 11) is 0. The van der Waals surface area contributed by atoms with Gasteiger partial charge in [-0.2, -0.15) is 13.2 Å². The Hall–Kier alpha value is -4.41. The molecular weight excluding hydrogens is 515 g/mol. The molecule has 0 radical (unpaired) electrons. The number of hydrogen-bond donors (Lipinski definition) is 0. The van der Waals surface area contributed by atoms with Crippen LogP contribution in [0.25, 0.3) is 11.0 Å². The molecule has 0 aliphatic rings. The number of carbonyl (C=O) groups is 1. The van der Waals surface area contributed by atoms with E-state index in [-0.39, 0.29) is 34.6 Å². The van der Waals surface area contributed by atoms with Gasteiger partial charge >= 0.3 is 12.1 Å². The highest BCUT2D eigenvalue weighted by Crippen LogP contribution is 2.38. The standard InChI is InChI=1S/C27H19F5O6/c1-2-12-35-26(34)15-6-8-16(9-7-15)37-24-23(33)18-11-10-17(13-22(18)38-25(24)27(30,31)32)36-14-19-20(28)4-3-5-21(19)29/h3-11,13H,2,12,14H2,1H3. The Bertz CT molecular complexity index is 1510. The van der Waals surface area contributed by atoms with Crippen LogP contribution >= 0.6 is 0 Å². The maximum atomic E-state index is 13.8. The van der Waals surface area contributed by atoms with Gasteiger partial charge in [0.05, 0.1) is 23.1 Å². The monoisotopic (exact) mass is 534 g/mol. The van der Waals surface area contributed by atoms with Crippen molar-refractivity contribution in [2.75, 3.05) is 6.61 Å². The number of fused-ring (bicyclic) bond motifs is 1. The second-order valence-corrected chi connectivity index (χ2v) is 8.00. The second-order valence-electron chi connectivity index (χ2n) is 8.00. The summed E-state index contributed by atoms with van der Waals surface area (Å²) in [5.41, 5.74) is -1.82. The fourth-order valence-corrected chi connectivity index (χ4v) is 3.41. The Labute approximate surface area is 212 Å². The largest absolute Gasteiger partial charge is 0.489 e. The predicted octanol–water partition coefficient (Wildman–Crippen LogP) is 7.03. The summed E-state index contributed by atoms with van der Waals surface area (Å²) in [6.07, 6.45) is -4.50. The van der Waals surface area contributed by atoms with E-state index in [2.05, 4.69) is 0 Å². The number of hydrogen-bond acceptors (Lipinski definition) is 6. The van der Waals surface area contributed by atoms with Crippen LogP contribution in [-0.2, 0) is 17.5 Å². The van der Waals surface area contributed by atoms with Gasteiger partial charge in [-0.15, -0.1) is 0 Å². The van der Waals surface area contributed by atoms with E-state index < -0.39 is 52.9 Å². The van der Waals surface area contributed by atoms with E-state index in [9.17, 15) is 31.5 Å². The lowest BCUT2D eigenvalue weighted by Crippen LogP contribution is -2.15. The van der Waals surface area contributed by atoms with E-state index in [1.165, 1.54) is 36.4 Å². The quantitative estimate of drug-likeness (QED) is 0.179. The van der Waals surface area contributed by atoms with Crippen molar-refractivity contribution in [1.82, 2.24) is 0 Å². The molecule has 0 atom stereocenters. The summed E-state index contributed by atoms with van der Waals surface area (Å²) < 4.78 is 89.7. The molecule has 1 heterocycles. The molecule has 4 aromatic rings. The molecule has 3 aromatic carbocycles. The minimum Gasteiger partial charge on any atom is -0.489 e. The lowest BCUT2D eigenvalue weighted by Gasteiger charge is -2.14. The van der Waals surface area contributed by atoms with Crippen LogP contribution in [-0.4, -0.2) is 12.6 Å². The van der Waals surface area contributed by atoms with Crippen molar-refractivity contribution in [3.8, 4) is 17.2 Å². The number of rotatable bonds is 8. The molecule has 6 nitrogen and oxygen atoms in total. The molecule has 11 heteroatoms. The lowest BCUT2D eigenvalue weighted by atomic mass is 10.2. The Kier molecular flexibility index (Phi) is 7.65. The van der Waals surface area contributed by atoms with Gasteiger partial charge in [-0.1, -0.05) is 13.0 Å². The fraction of sp³-hybridized carbons (Fsp3) is 0.185. The van der Waals surface area contributed by atoms with Crippen LogP contribution < -0.4 is 14.9 Å². The summed E-state index contributed by atoms with van der Waals surface area (Å²) >= 11 is 0. The molecule has 0 aliphatic carbocycles. The van der Waals surface area contributed by atoms with E-state index in [1.807, 2.05) is 6.92 Å². The van der Waals surface area contributed by atoms with Gasteiger partial charge in [0.25, 0.3) is 5.76 Å². The average molecular weight is 534 g/mol. The van der Waals surface area contributed by atoms with Crippen molar-refractivity contribution in [2.24, 2.45) is 0 Å². The summed E-state index contributed by atoms with van der Waals surface area (Å²) in [4.78, 5) is 24.9. The van der Waals surface area contributed by atoms with E-state index in [1.54, 1.807) is 0 Å². The smallest absolute Gasteiger partial charge is 0.453 e. The number of esters is 1. The third-order valence-electron chi connectivity index (χ3n) is 5.27. The lowest BCUT2D eigenvalue weighted by molar-refractivity contribution is -0.154. The maximum absolute atomic E-state index is 13.8. The van der Waals surface area contributed by atoms with E-state index >= 15 is 0 Å². The maximum Gasteiger partial charge on any atom is 0.453 e. The van der Waals surface area contributed by atoms with Gasteiger partial charge < -0.3 is 18.6 Å². The van der Waals surface area contributed by atoms with Crippen molar-refractivity contribution >= 4 is 16.9 Å². The van der Waals surface area contributed by atoms with Crippen molar-refractivity contribution in [2.45, 2.75) is 26.1 Å². The fourth-order valence-electron chi connectivity index (χ4n) is 3.41. The summed E-state index contributed by atoms with van der Waals surface area (Å²) in [6.45, 7) is 1.47. The van der Waals surface area contributed by atoms with Crippen molar-refractivity contribution in [3.63, 3.8) is 0 Å². The first-order valence-corrected chi connectivity index (χ1v) is 11.3. The number of halogens is 5. The minimum atomic E-state index is -5.11. The SMILES string of the molecule is CCCOC(=O)c1ccc(Oc2c(C(F)(F)F)oc3cc(OCc4c(F)cccc4F)ccc3c2=O)cc1. The summed E-state index contributed by atoms with van der Waals surface area (Å²) in [5.74, 6) is -5.37. The van der Waals surface area contributed by atoms with Gasteiger partial charge in [-0.05, 0) is 55.0 Å². The van der Waals surface area contributed by atoms with Gasteiger partial charge in [-0.25, -0.2) is 13.6 Å². The van der Waals surface area contributed by atoms with Crippen LogP contribution in [0.1, 0.15) is 35.0 Å². The second kappa shape index (κ2) is 10.9. The summed E-state index contributed by atoms with van der Waals surface area (Å²) in [6, 6.07) is 11.6. The molecule has 0 amide bonds. The minimum absolute atomic E-state index is 0.0874. The predicted molar refractivity (Wildman–Crippen MR) is 125 cm³/mol. The topological polar surface area (TPSA) is 75.0 Å². The van der Waals surface area contributed by atoms with Crippen LogP contribution in [0.2, 0.25) is 0 Å². The zero-order valence-electron chi connectivity index (χ0n) is 19.7. The number of ether oxygens (including phenoxy) is 3. The van der Waals surface area contributed by atoms with Crippen molar-refractivity contribution in [1.29, 1.82) is 0 Å². The van der Waals surface area contributed by atoms with Crippen LogP contribution in [0.3, 0.4) is 0 Å². The molecule has 0 saturated heterocycles. The first-order chi connectivity index (χ1) is 18.1. The van der Waals surface area contributed by atoms with Gasteiger partial charge in [0.2, 0.25) is 11.2 Å². The van der Waals surface area contributed by atoms with Gasteiger partial charge in [-0.3, -0.25) is 4.79 Å². The van der Waals surface area contributed by atoms with Crippen molar-refractivity contribution in [3.05, 3.63) is 99.4 Å². The molecule has 0 N–H and O–H groups in total. The number of alkyl halides is 3. The molecule has 4 rings (SSSR count). The van der Waals surface area contributed by atoms with E-state index in [0.29, 0.717) is 6.42 Å². The van der Waals surface area contributed by atoms with Crippen LogP contribution in [0.4, 0.5) is 22.0 Å². The van der Waals surface area contributed by atoms with Crippen LogP contribution in [0.15, 0.2) is 69.9 Å². The molecule has 1 aromatic heterocycles. The van der Waals surface area contributed by atoms with Gasteiger partial charge in [0.15, 0.2) is 0 Å². The molecule has 198 valence electrons. The number of carbonyl (C=O) groups excluding carboxylic acids is 1. The van der Waals surface area contributed by atoms with Gasteiger partial charge in [0, 0.05) is 6.07 Å². The van der Waals surface area contributed by atoms with Crippen LogP contribution in [0, 0.1) is 11.6 Å². The Morgan fingerprint density at radius 3 is 2.24 bits per heavy atom. The number of benzene rings is 3. The third kappa shape index (κ3) is 5.77. The molecular formula is C27H19F5O6. The zero-order valence-corrected chi connectivity index (χ0v) is 19.7. The van der Waals surface area contributed by atoms with Crippen LogP contribution in [0.5, 0.6) is 17.2 Å². The first kappa shape index (κ1) is 26.6. The highest BCUT2D eigenvalue weighted by Gasteiger charge is 2.40. The Balaban J connectivity index is 1.65. The molecule has 0 saturated carbocycles. The van der Waals surface area contributed by atoms with Crippen molar-refractivity contribution < 1.29 is 45.4 Å². The highest BCUT2D eigenvalue weighted by atomic mass is 19.4. The molecule has 38 heavy (non-hydrogen) atoms. The molecule has 0 bridgehead atoms. The molecule has 0 aliphatic heterocycles. The average Bonchev–Trinajstić information content (AvgIpc) is 2.88. The normalized spacial score (nSPS) is 11.4. The van der Waals surface area contributed by atoms with E-state index in [0.717, 1.165) is 24.3 Å². The summed E-state index contributed by atoms with van der Waals surface area (Å²) in [5, 5.41) is -0.253. The molecule has 0 fully saturated rings. The Morgan fingerprint density at radius 2 is 1.61 bits per heavy atom.